The van der Waals surface area contributed by atoms with Gasteiger partial charge in [-0.2, -0.15) is 0 Å². The first-order valence-corrected chi connectivity index (χ1v) is 20.1. The Bertz CT molecular complexity index is 1970. The highest BCUT2D eigenvalue weighted by Crippen LogP contribution is 2.29. The number of para-hydroxylation sites is 2. The number of alkyl carbamates (subject to hydrolysis) is 1. The zero-order valence-corrected chi connectivity index (χ0v) is 32.7. The van der Waals surface area contributed by atoms with E-state index in [0.29, 0.717) is 54.1 Å². The Kier molecular flexibility index (Phi) is 15.0. The van der Waals surface area contributed by atoms with Crippen molar-refractivity contribution in [3.8, 4) is 5.75 Å². The number of carbonyl (C=O) groups excluding carboxylic acids is 4. The van der Waals surface area contributed by atoms with Crippen molar-refractivity contribution in [1.29, 1.82) is 0 Å². The third kappa shape index (κ3) is 12.5. The van der Waals surface area contributed by atoms with Gasteiger partial charge in [-0.05, 0) is 80.0 Å². The van der Waals surface area contributed by atoms with Crippen molar-refractivity contribution in [3.63, 3.8) is 0 Å². The van der Waals surface area contributed by atoms with Crippen LogP contribution in [-0.4, -0.2) is 83.9 Å². The predicted octanol–water partition coefficient (Wildman–Crippen LogP) is 6.63. The Balaban J connectivity index is 1.24. The Hall–Kier alpha value is -5.48. The van der Waals surface area contributed by atoms with Crippen LogP contribution in [0.15, 0.2) is 83.3 Å². The van der Waals surface area contributed by atoms with E-state index in [1.165, 1.54) is 23.5 Å². The van der Waals surface area contributed by atoms with Crippen LogP contribution < -0.4 is 21.1 Å². The first-order valence-electron chi connectivity index (χ1n) is 20.1. The standard InChI is InChI=1S/C43H50F3N5O8/c44-43(45,46)59-31-20-18-28(19-21-31)23-35(50-42(55)57-27-30-13-5-2-6-14-30)41(54)51-25-32(56-26-29-11-3-1-4-12-29)24-36(51)39(53)48-34(16-9-10-22-47)38(52)40-49-33-15-7-8-17-37(33)58-40/h2,5-8,13-15,17-21,29,32,34-36H,1,3-4,9-12,16,22-27,47H2,(H,48,53)(H,50,55)/t32-,34+,35?,36+/m1/s1. The number of oxazole rings is 1. The van der Waals surface area contributed by atoms with Crippen molar-refractivity contribution in [1.82, 2.24) is 20.5 Å². The minimum absolute atomic E-state index is 0.0101. The summed E-state index contributed by atoms with van der Waals surface area (Å²) < 4.78 is 60.2. The Morgan fingerprint density at radius 3 is 2.32 bits per heavy atom. The number of carbonyl (C=O) groups is 4. The van der Waals surface area contributed by atoms with Crippen LogP contribution in [0, 0.1) is 5.92 Å². The van der Waals surface area contributed by atoms with E-state index < -0.39 is 60.0 Å². The lowest BCUT2D eigenvalue weighted by molar-refractivity contribution is -0.274. The third-order valence-electron chi connectivity index (χ3n) is 10.6. The van der Waals surface area contributed by atoms with E-state index in [-0.39, 0.29) is 38.3 Å². The SMILES string of the molecule is NCCCC[C@H](NC(=O)[C@@H]1C[C@@H](OCC2CCCCC2)CN1C(=O)C(Cc1ccc(OC(F)(F)F)cc1)NC(=O)OCc1ccccc1)C(=O)c1nc2ccccc2o1. The first-order chi connectivity index (χ1) is 28.5. The molecule has 2 fully saturated rings. The Labute approximate surface area is 340 Å². The number of hydrogen-bond donors (Lipinski definition) is 3. The molecule has 0 spiro atoms. The molecule has 13 nitrogen and oxygen atoms in total. The van der Waals surface area contributed by atoms with Gasteiger partial charge in [0.05, 0.1) is 12.1 Å². The average Bonchev–Trinajstić information content (AvgIpc) is 3.87. The molecule has 1 saturated heterocycles. The van der Waals surface area contributed by atoms with E-state index >= 15 is 0 Å². The van der Waals surface area contributed by atoms with Crippen LogP contribution in [0.3, 0.4) is 0 Å². The predicted molar refractivity (Wildman–Crippen MR) is 210 cm³/mol. The second-order valence-electron chi connectivity index (χ2n) is 15.1. The normalized spacial score (nSPS) is 18.3. The monoisotopic (exact) mass is 821 g/mol. The summed E-state index contributed by atoms with van der Waals surface area (Å²) in [6.45, 7) is 0.750. The second kappa shape index (κ2) is 20.5. The van der Waals surface area contributed by atoms with E-state index in [4.69, 9.17) is 19.6 Å². The van der Waals surface area contributed by atoms with E-state index in [2.05, 4.69) is 20.4 Å². The molecule has 59 heavy (non-hydrogen) atoms. The van der Waals surface area contributed by atoms with Crippen molar-refractivity contribution in [3.05, 3.63) is 95.9 Å². The van der Waals surface area contributed by atoms with E-state index in [9.17, 15) is 32.3 Å². The minimum Gasteiger partial charge on any atom is -0.445 e. The number of alkyl halides is 3. The molecule has 1 saturated carbocycles. The van der Waals surface area contributed by atoms with Crippen molar-refractivity contribution >= 4 is 34.8 Å². The fraction of sp³-hybridized carbons (Fsp3) is 0.465. The van der Waals surface area contributed by atoms with Crippen molar-refractivity contribution in [2.45, 2.75) is 101 Å². The summed E-state index contributed by atoms with van der Waals surface area (Å²) in [5.74, 6) is -2.07. The molecular weight excluding hydrogens is 771 g/mol. The molecule has 1 aromatic heterocycles. The average molecular weight is 822 g/mol. The molecule has 2 aliphatic rings. The van der Waals surface area contributed by atoms with Crippen LogP contribution in [0.4, 0.5) is 18.0 Å². The summed E-state index contributed by atoms with van der Waals surface area (Å²) in [7, 11) is 0. The molecule has 0 bridgehead atoms. The lowest BCUT2D eigenvalue weighted by Gasteiger charge is -2.29. The lowest BCUT2D eigenvalue weighted by Crippen LogP contribution is -2.56. The number of fused-ring (bicyclic) bond motifs is 1. The summed E-state index contributed by atoms with van der Waals surface area (Å²) in [4.78, 5) is 61.8. The van der Waals surface area contributed by atoms with Gasteiger partial charge in [-0.3, -0.25) is 14.4 Å². The summed E-state index contributed by atoms with van der Waals surface area (Å²) in [5, 5.41) is 5.50. The van der Waals surface area contributed by atoms with E-state index in [1.54, 1.807) is 48.5 Å². The van der Waals surface area contributed by atoms with Crippen LogP contribution in [0.1, 0.15) is 79.6 Å². The summed E-state index contributed by atoms with van der Waals surface area (Å²) in [6.07, 6.45) is 0.339. The van der Waals surface area contributed by atoms with Crippen molar-refractivity contribution < 1.29 is 51.0 Å². The van der Waals surface area contributed by atoms with Gasteiger partial charge >= 0.3 is 12.5 Å². The molecule has 1 unspecified atom stereocenters. The fourth-order valence-electron chi connectivity index (χ4n) is 7.56. The number of nitrogens with two attached hydrogens (primary N) is 1. The second-order valence-corrected chi connectivity index (χ2v) is 15.1. The highest BCUT2D eigenvalue weighted by atomic mass is 19.4. The number of benzene rings is 3. The number of hydrogen-bond acceptors (Lipinski definition) is 10. The number of nitrogens with one attached hydrogen (secondary N) is 2. The molecule has 4 atom stereocenters. The van der Waals surface area contributed by atoms with Crippen molar-refractivity contribution in [2.75, 3.05) is 19.7 Å². The third-order valence-corrected chi connectivity index (χ3v) is 10.6. The van der Waals surface area contributed by atoms with Crippen molar-refractivity contribution in [2.24, 2.45) is 11.7 Å². The Morgan fingerprint density at radius 2 is 1.61 bits per heavy atom. The molecule has 4 aromatic rings. The number of unbranched alkanes of at least 4 members (excludes halogenated alkanes) is 1. The molecule has 2 heterocycles. The highest BCUT2D eigenvalue weighted by Gasteiger charge is 2.44. The van der Waals surface area contributed by atoms with E-state index in [1.807, 2.05) is 6.07 Å². The van der Waals surface area contributed by atoms with Crippen LogP contribution in [-0.2, 0) is 32.1 Å². The molecular formula is C43H50F3N5O8. The van der Waals surface area contributed by atoms with E-state index in [0.717, 1.165) is 37.8 Å². The number of nitrogens with zero attached hydrogens (tertiary/aromatic N) is 2. The van der Waals surface area contributed by atoms with Crippen LogP contribution >= 0.6 is 0 Å². The maximum absolute atomic E-state index is 14.7. The molecule has 316 valence electrons. The maximum Gasteiger partial charge on any atom is 0.573 e. The number of Topliss-reactive ketones (excluding diaryl/α,β-unsaturated/α-hetero) is 1. The van der Waals surface area contributed by atoms with Crippen LogP contribution in [0.2, 0.25) is 0 Å². The zero-order chi connectivity index (χ0) is 41.8. The van der Waals surface area contributed by atoms with Gasteiger partial charge in [0.2, 0.25) is 17.6 Å². The Morgan fingerprint density at radius 1 is 0.881 bits per heavy atom. The number of ether oxygens (including phenoxy) is 3. The first kappa shape index (κ1) is 43.1. The van der Waals surface area contributed by atoms with Gasteiger partial charge < -0.3 is 39.9 Å². The number of likely N-dealkylation sites (tertiary alicyclic amines) is 1. The summed E-state index contributed by atoms with van der Waals surface area (Å²) in [5.41, 5.74) is 7.75. The number of amides is 3. The van der Waals surface area contributed by atoms with Gasteiger partial charge in [0.1, 0.15) is 30.0 Å². The van der Waals surface area contributed by atoms with Gasteiger partial charge in [0.25, 0.3) is 5.89 Å². The van der Waals surface area contributed by atoms with Gasteiger partial charge in [0, 0.05) is 26.0 Å². The summed E-state index contributed by atoms with van der Waals surface area (Å²) in [6, 6.07) is 17.3. The minimum atomic E-state index is -4.90. The van der Waals surface area contributed by atoms with Crippen LogP contribution in [0.25, 0.3) is 11.1 Å². The quantitative estimate of drug-likeness (QED) is 0.0730. The molecule has 6 rings (SSSR count). The summed E-state index contributed by atoms with van der Waals surface area (Å²) >= 11 is 0. The zero-order valence-electron chi connectivity index (χ0n) is 32.7. The largest absolute Gasteiger partial charge is 0.573 e. The van der Waals surface area contributed by atoms with Gasteiger partial charge in [-0.15, -0.1) is 13.2 Å². The molecule has 0 radical (unpaired) electrons. The molecule has 1 aliphatic carbocycles. The van der Waals surface area contributed by atoms with Gasteiger partial charge in [-0.25, -0.2) is 9.78 Å². The molecule has 1 aliphatic heterocycles. The number of ketones is 1. The molecule has 3 aromatic carbocycles. The number of rotatable bonds is 18. The number of aromatic nitrogens is 1. The highest BCUT2D eigenvalue weighted by molar-refractivity contribution is 6.01. The maximum atomic E-state index is 14.7. The molecule has 16 heteroatoms. The lowest BCUT2D eigenvalue weighted by atomic mass is 9.90. The molecule has 4 N–H and O–H groups in total. The fourth-order valence-corrected chi connectivity index (χ4v) is 7.56. The number of halogens is 3. The van der Waals surface area contributed by atoms with Gasteiger partial charge in [0.15, 0.2) is 5.58 Å². The topological polar surface area (TPSA) is 175 Å². The molecule has 3 amide bonds. The van der Waals surface area contributed by atoms with Crippen LogP contribution in [0.5, 0.6) is 5.75 Å². The van der Waals surface area contributed by atoms with Gasteiger partial charge in [-0.1, -0.05) is 73.9 Å². The smallest absolute Gasteiger partial charge is 0.445 e.